The van der Waals surface area contributed by atoms with E-state index in [-0.39, 0.29) is 29.2 Å². The third-order valence-corrected chi connectivity index (χ3v) is 6.03. The number of sulfone groups is 1. The number of rotatable bonds is 7. The molecular weight excluding hydrogens is 385 g/mol. The van der Waals surface area contributed by atoms with Crippen molar-refractivity contribution >= 4 is 21.4 Å². The molecule has 10 heteroatoms. The van der Waals surface area contributed by atoms with Crippen molar-refractivity contribution in [1.29, 1.82) is 0 Å². The van der Waals surface area contributed by atoms with Crippen LogP contribution in [-0.4, -0.2) is 62.1 Å². The number of hydrogen-bond acceptors (Lipinski definition) is 5. The van der Waals surface area contributed by atoms with E-state index in [0.717, 1.165) is 0 Å². The van der Waals surface area contributed by atoms with Crippen LogP contribution in [0.3, 0.4) is 0 Å². The standard InChI is InChI=1S/C17H23F3N2O4S/c1-3-22(14-8-9-27(24,25)10-14)16(23)12(2)21-13-4-6-15(7-5-13)26-11-17(18,19)20/h4-7,12,14,21H,3,8-11H2,1-2H3/t12-,14-/m0/s1. The first-order valence-corrected chi connectivity index (χ1v) is 10.4. The van der Waals surface area contributed by atoms with Gasteiger partial charge >= 0.3 is 6.18 Å². The average molecular weight is 408 g/mol. The molecule has 1 aromatic rings. The summed E-state index contributed by atoms with van der Waals surface area (Å²) < 4.78 is 64.4. The van der Waals surface area contributed by atoms with E-state index in [1.165, 1.54) is 24.3 Å². The maximum Gasteiger partial charge on any atom is 0.422 e. The third-order valence-electron chi connectivity index (χ3n) is 4.28. The zero-order valence-electron chi connectivity index (χ0n) is 15.1. The van der Waals surface area contributed by atoms with Crippen molar-refractivity contribution in [2.75, 3.05) is 30.0 Å². The first kappa shape index (κ1) is 21.3. The Bertz CT molecular complexity index is 750. The molecule has 0 unspecified atom stereocenters. The van der Waals surface area contributed by atoms with Crippen LogP contribution in [0.5, 0.6) is 5.75 Å². The maximum absolute atomic E-state index is 12.7. The summed E-state index contributed by atoms with van der Waals surface area (Å²) in [6.45, 7) is 2.48. The summed E-state index contributed by atoms with van der Waals surface area (Å²) in [6, 6.07) is 4.86. The Labute approximate surface area is 156 Å². The highest BCUT2D eigenvalue weighted by Gasteiger charge is 2.35. The van der Waals surface area contributed by atoms with E-state index in [9.17, 15) is 26.4 Å². The van der Waals surface area contributed by atoms with Gasteiger partial charge in [-0.05, 0) is 44.5 Å². The number of carbonyl (C=O) groups is 1. The summed E-state index contributed by atoms with van der Waals surface area (Å²) in [5, 5.41) is 2.98. The molecule has 6 nitrogen and oxygen atoms in total. The Morgan fingerprint density at radius 1 is 1.33 bits per heavy atom. The van der Waals surface area contributed by atoms with Crippen LogP contribution in [0.1, 0.15) is 20.3 Å². The van der Waals surface area contributed by atoms with Crippen LogP contribution in [0.2, 0.25) is 0 Å². The van der Waals surface area contributed by atoms with Crippen molar-refractivity contribution < 1.29 is 31.1 Å². The van der Waals surface area contributed by atoms with Gasteiger partial charge in [-0.2, -0.15) is 13.2 Å². The molecule has 1 heterocycles. The van der Waals surface area contributed by atoms with Crippen LogP contribution in [0.25, 0.3) is 0 Å². The molecule has 1 aromatic carbocycles. The van der Waals surface area contributed by atoms with Crippen LogP contribution >= 0.6 is 0 Å². The lowest BCUT2D eigenvalue weighted by Crippen LogP contribution is -2.47. The van der Waals surface area contributed by atoms with Crippen LogP contribution in [0.4, 0.5) is 18.9 Å². The van der Waals surface area contributed by atoms with Gasteiger partial charge in [0.25, 0.3) is 0 Å². The summed E-state index contributed by atoms with van der Waals surface area (Å²) in [4.78, 5) is 14.2. The second-order valence-corrected chi connectivity index (χ2v) is 8.70. The molecule has 152 valence electrons. The first-order chi connectivity index (χ1) is 12.5. The van der Waals surface area contributed by atoms with Gasteiger partial charge in [-0.15, -0.1) is 0 Å². The lowest BCUT2D eigenvalue weighted by molar-refractivity contribution is -0.153. The normalized spacial score (nSPS) is 20.1. The zero-order valence-corrected chi connectivity index (χ0v) is 15.9. The lowest BCUT2D eigenvalue weighted by atomic mass is 10.1. The molecule has 27 heavy (non-hydrogen) atoms. The monoisotopic (exact) mass is 408 g/mol. The minimum atomic E-state index is -4.41. The quantitative estimate of drug-likeness (QED) is 0.750. The number of nitrogens with one attached hydrogen (secondary N) is 1. The molecule has 1 aliphatic heterocycles. The molecular formula is C17H23F3N2O4S. The van der Waals surface area contributed by atoms with Crippen molar-refractivity contribution in [2.45, 2.75) is 38.5 Å². The molecule has 1 amide bonds. The van der Waals surface area contributed by atoms with Crippen LogP contribution < -0.4 is 10.1 Å². The molecule has 2 rings (SSSR count). The Hall–Kier alpha value is -1.97. The number of benzene rings is 1. The van der Waals surface area contributed by atoms with Gasteiger partial charge in [0.2, 0.25) is 5.91 Å². The minimum absolute atomic E-state index is 0.0233. The predicted molar refractivity (Wildman–Crippen MR) is 95.5 cm³/mol. The molecule has 1 saturated heterocycles. The topological polar surface area (TPSA) is 75.7 Å². The van der Waals surface area contributed by atoms with E-state index < -0.39 is 28.7 Å². The van der Waals surface area contributed by atoms with Gasteiger partial charge in [-0.25, -0.2) is 8.42 Å². The van der Waals surface area contributed by atoms with Crippen LogP contribution in [0.15, 0.2) is 24.3 Å². The van der Waals surface area contributed by atoms with Crippen molar-refractivity contribution in [3.63, 3.8) is 0 Å². The molecule has 2 atom stereocenters. The largest absolute Gasteiger partial charge is 0.484 e. The third kappa shape index (κ3) is 6.30. The number of halogens is 3. The second kappa shape index (κ2) is 8.37. The number of nitrogens with zero attached hydrogens (tertiary/aromatic N) is 1. The molecule has 0 spiro atoms. The average Bonchev–Trinajstić information content (AvgIpc) is 2.93. The van der Waals surface area contributed by atoms with Crippen LogP contribution in [-0.2, 0) is 14.6 Å². The molecule has 1 aliphatic rings. The van der Waals surface area contributed by atoms with Gasteiger partial charge in [0, 0.05) is 18.3 Å². The highest BCUT2D eigenvalue weighted by molar-refractivity contribution is 7.91. The molecule has 1 N–H and O–H groups in total. The molecule has 0 bridgehead atoms. The Morgan fingerprint density at radius 2 is 1.96 bits per heavy atom. The van der Waals surface area contributed by atoms with E-state index in [1.54, 1.807) is 18.7 Å². The SMILES string of the molecule is CCN(C(=O)[C@H](C)Nc1ccc(OCC(F)(F)F)cc1)[C@H]1CCS(=O)(=O)C1. The van der Waals surface area contributed by atoms with E-state index in [1.807, 2.05) is 0 Å². The predicted octanol–water partition coefficient (Wildman–Crippen LogP) is 2.46. The van der Waals surface area contributed by atoms with Crippen molar-refractivity contribution in [1.82, 2.24) is 4.90 Å². The number of hydrogen-bond donors (Lipinski definition) is 1. The number of carbonyl (C=O) groups excluding carboxylic acids is 1. The summed E-state index contributed by atoms with van der Waals surface area (Å²) in [6.07, 6.45) is -3.98. The van der Waals surface area contributed by atoms with Crippen molar-refractivity contribution in [3.05, 3.63) is 24.3 Å². The molecule has 0 aromatic heterocycles. The lowest BCUT2D eigenvalue weighted by Gasteiger charge is -2.30. The first-order valence-electron chi connectivity index (χ1n) is 8.58. The Kier molecular flexibility index (Phi) is 6.61. The van der Waals surface area contributed by atoms with Crippen molar-refractivity contribution in [3.8, 4) is 5.75 Å². The number of ether oxygens (including phenoxy) is 1. The van der Waals surface area contributed by atoms with Crippen molar-refractivity contribution in [2.24, 2.45) is 0 Å². The van der Waals surface area contributed by atoms with Gasteiger partial charge in [-0.1, -0.05) is 0 Å². The Morgan fingerprint density at radius 3 is 2.44 bits per heavy atom. The summed E-state index contributed by atoms with van der Waals surface area (Å²) in [7, 11) is -3.10. The summed E-state index contributed by atoms with van der Waals surface area (Å²) in [5.74, 6) is -0.0899. The molecule has 0 radical (unpaired) electrons. The molecule has 0 aliphatic carbocycles. The fraction of sp³-hybridized carbons (Fsp3) is 0.588. The number of amides is 1. The van der Waals surface area contributed by atoms with Gasteiger partial charge < -0.3 is 15.0 Å². The highest BCUT2D eigenvalue weighted by atomic mass is 32.2. The van der Waals surface area contributed by atoms with Gasteiger partial charge in [0.05, 0.1) is 11.5 Å². The van der Waals surface area contributed by atoms with E-state index in [0.29, 0.717) is 18.7 Å². The number of anilines is 1. The minimum Gasteiger partial charge on any atom is -0.484 e. The van der Waals surface area contributed by atoms with Gasteiger partial charge in [0.1, 0.15) is 11.8 Å². The van der Waals surface area contributed by atoms with Gasteiger partial charge in [0.15, 0.2) is 16.4 Å². The molecule has 0 saturated carbocycles. The summed E-state index contributed by atoms with van der Waals surface area (Å²) >= 11 is 0. The number of likely N-dealkylation sites (N-methyl/N-ethyl adjacent to an activating group) is 1. The Balaban J connectivity index is 1.95. The van der Waals surface area contributed by atoms with E-state index in [2.05, 4.69) is 10.1 Å². The fourth-order valence-electron chi connectivity index (χ4n) is 2.99. The van der Waals surface area contributed by atoms with E-state index >= 15 is 0 Å². The highest BCUT2D eigenvalue weighted by Crippen LogP contribution is 2.22. The maximum atomic E-state index is 12.7. The second-order valence-electron chi connectivity index (χ2n) is 6.48. The van der Waals surface area contributed by atoms with Crippen LogP contribution in [0, 0.1) is 0 Å². The number of alkyl halides is 3. The molecule has 1 fully saturated rings. The van der Waals surface area contributed by atoms with Gasteiger partial charge in [-0.3, -0.25) is 4.79 Å². The summed E-state index contributed by atoms with van der Waals surface area (Å²) in [5.41, 5.74) is 0.547. The fourth-order valence-corrected chi connectivity index (χ4v) is 4.72. The smallest absolute Gasteiger partial charge is 0.422 e. The zero-order chi connectivity index (χ0) is 20.2. The van der Waals surface area contributed by atoms with E-state index in [4.69, 9.17) is 0 Å².